The number of nitrogens with zero attached hydrogens (tertiary/aromatic N) is 1. The zero-order valence-corrected chi connectivity index (χ0v) is 7.07. The van der Waals surface area contributed by atoms with Gasteiger partial charge in [0.15, 0.2) is 0 Å². The van der Waals surface area contributed by atoms with E-state index in [1.165, 1.54) is 12.1 Å². The van der Waals surface area contributed by atoms with E-state index in [9.17, 15) is 9.18 Å². The second-order valence-corrected chi connectivity index (χ2v) is 2.56. The molecule has 0 saturated carbocycles. The van der Waals surface area contributed by atoms with Crippen molar-refractivity contribution in [3.63, 3.8) is 0 Å². The van der Waals surface area contributed by atoms with Gasteiger partial charge in [-0.25, -0.2) is 9.18 Å². The van der Waals surface area contributed by atoms with Crippen LogP contribution < -0.4 is 0 Å². The van der Waals surface area contributed by atoms with Crippen LogP contribution in [0.3, 0.4) is 0 Å². The topological polar surface area (TPSA) is 61.1 Å². The molecule has 0 amide bonds. The SMILES string of the molecule is N#Cc1cc(F)cc(/C=C/C(=O)O)c1. The summed E-state index contributed by atoms with van der Waals surface area (Å²) in [6.07, 6.45) is 2.11. The Morgan fingerprint density at radius 3 is 2.79 bits per heavy atom. The predicted molar refractivity (Wildman–Crippen MR) is 47.8 cm³/mol. The highest BCUT2D eigenvalue weighted by Gasteiger charge is 1.98. The fraction of sp³-hybridized carbons (Fsp3) is 0. The van der Waals surface area contributed by atoms with Gasteiger partial charge < -0.3 is 5.11 Å². The molecule has 0 saturated heterocycles. The largest absolute Gasteiger partial charge is 0.478 e. The van der Waals surface area contributed by atoms with E-state index in [0.29, 0.717) is 5.56 Å². The standard InChI is InChI=1S/C10H6FNO2/c11-9-4-7(1-2-10(13)14)3-8(5-9)6-12/h1-5H,(H,13,14)/b2-1+. The number of carboxylic acids is 1. The zero-order chi connectivity index (χ0) is 10.6. The van der Waals surface area contributed by atoms with Crippen LogP contribution in [-0.2, 0) is 4.79 Å². The van der Waals surface area contributed by atoms with Crippen LogP contribution in [0.2, 0.25) is 0 Å². The minimum atomic E-state index is -1.12. The fourth-order valence-corrected chi connectivity index (χ4v) is 0.941. The van der Waals surface area contributed by atoms with Crippen molar-refractivity contribution in [3.8, 4) is 6.07 Å². The lowest BCUT2D eigenvalue weighted by molar-refractivity contribution is -0.131. The molecule has 0 bridgehead atoms. The number of rotatable bonds is 2. The Morgan fingerprint density at radius 1 is 1.50 bits per heavy atom. The highest BCUT2D eigenvalue weighted by atomic mass is 19.1. The molecule has 0 fully saturated rings. The van der Waals surface area contributed by atoms with E-state index in [-0.39, 0.29) is 5.56 Å². The highest BCUT2D eigenvalue weighted by Crippen LogP contribution is 2.09. The maximum Gasteiger partial charge on any atom is 0.328 e. The first-order valence-corrected chi connectivity index (χ1v) is 3.73. The molecule has 1 rings (SSSR count). The van der Waals surface area contributed by atoms with Crippen molar-refractivity contribution >= 4 is 12.0 Å². The average Bonchev–Trinajstić information content (AvgIpc) is 2.14. The zero-order valence-electron chi connectivity index (χ0n) is 7.07. The Kier molecular flexibility index (Phi) is 2.97. The third-order valence-electron chi connectivity index (χ3n) is 1.47. The van der Waals surface area contributed by atoms with Gasteiger partial charge in [0, 0.05) is 6.08 Å². The Morgan fingerprint density at radius 2 is 2.21 bits per heavy atom. The fourth-order valence-electron chi connectivity index (χ4n) is 0.941. The predicted octanol–water partition coefficient (Wildman–Crippen LogP) is 1.80. The monoisotopic (exact) mass is 191 g/mol. The summed E-state index contributed by atoms with van der Waals surface area (Å²) in [5.41, 5.74) is 0.513. The maximum absolute atomic E-state index is 12.8. The summed E-state index contributed by atoms with van der Waals surface area (Å²) >= 11 is 0. The van der Waals surface area contributed by atoms with Crippen LogP contribution in [0.1, 0.15) is 11.1 Å². The van der Waals surface area contributed by atoms with E-state index >= 15 is 0 Å². The van der Waals surface area contributed by atoms with Gasteiger partial charge in [0.05, 0.1) is 11.6 Å². The maximum atomic E-state index is 12.8. The van der Waals surface area contributed by atoms with Gasteiger partial charge in [-0.1, -0.05) is 0 Å². The lowest BCUT2D eigenvalue weighted by Gasteiger charge is -1.94. The van der Waals surface area contributed by atoms with Gasteiger partial charge in [0.1, 0.15) is 5.82 Å². The summed E-state index contributed by atoms with van der Waals surface area (Å²) in [5.74, 6) is -1.68. The second-order valence-electron chi connectivity index (χ2n) is 2.56. The molecule has 1 aromatic rings. The molecule has 70 valence electrons. The smallest absolute Gasteiger partial charge is 0.328 e. The number of nitriles is 1. The molecule has 0 spiro atoms. The number of aliphatic carboxylic acids is 1. The number of carbonyl (C=O) groups is 1. The van der Waals surface area contributed by atoms with Crippen LogP contribution in [-0.4, -0.2) is 11.1 Å². The third-order valence-corrected chi connectivity index (χ3v) is 1.47. The van der Waals surface area contributed by atoms with E-state index < -0.39 is 11.8 Å². The Labute approximate surface area is 79.7 Å². The van der Waals surface area contributed by atoms with Gasteiger partial charge in [-0.2, -0.15) is 5.26 Å². The number of hydrogen-bond acceptors (Lipinski definition) is 2. The van der Waals surface area contributed by atoms with Crippen molar-refractivity contribution < 1.29 is 14.3 Å². The van der Waals surface area contributed by atoms with Crippen LogP contribution >= 0.6 is 0 Å². The van der Waals surface area contributed by atoms with Gasteiger partial charge in [0.25, 0.3) is 0 Å². The second kappa shape index (κ2) is 4.19. The summed E-state index contributed by atoms with van der Waals surface area (Å²) < 4.78 is 12.8. The molecule has 0 aliphatic rings. The molecular formula is C10H6FNO2. The first-order chi connectivity index (χ1) is 6.61. The third kappa shape index (κ3) is 2.72. The van der Waals surface area contributed by atoms with E-state index in [1.807, 2.05) is 0 Å². The molecule has 0 aliphatic carbocycles. The van der Waals surface area contributed by atoms with Crippen LogP contribution in [0.25, 0.3) is 6.08 Å². The molecule has 0 atom stereocenters. The summed E-state index contributed by atoms with van der Waals surface area (Å²) in [7, 11) is 0. The van der Waals surface area contributed by atoms with Crippen molar-refractivity contribution in [1.29, 1.82) is 5.26 Å². The van der Waals surface area contributed by atoms with E-state index in [0.717, 1.165) is 18.2 Å². The normalized spacial score (nSPS) is 10.0. The number of halogens is 1. The summed E-state index contributed by atoms with van der Waals surface area (Å²) in [6, 6.07) is 5.41. The van der Waals surface area contributed by atoms with E-state index in [1.54, 1.807) is 6.07 Å². The van der Waals surface area contributed by atoms with Gasteiger partial charge in [-0.3, -0.25) is 0 Å². The molecule has 0 heterocycles. The van der Waals surface area contributed by atoms with Crippen molar-refractivity contribution in [3.05, 3.63) is 41.2 Å². The quantitative estimate of drug-likeness (QED) is 0.725. The van der Waals surface area contributed by atoms with Crippen molar-refractivity contribution in [2.24, 2.45) is 0 Å². The van der Waals surface area contributed by atoms with E-state index in [4.69, 9.17) is 10.4 Å². The molecule has 3 nitrogen and oxygen atoms in total. The first kappa shape index (κ1) is 9.93. The van der Waals surface area contributed by atoms with E-state index in [2.05, 4.69) is 0 Å². The minimum Gasteiger partial charge on any atom is -0.478 e. The van der Waals surface area contributed by atoms with Gasteiger partial charge in [-0.05, 0) is 29.8 Å². The Bertz CT molecular complexity index is 432. The minimum absolute atomic E-state index is 0.162. The molecule has 0 radical (unpaired) electrons. The lowest BCUT2D eigenvalue weighted by Crippen LogP contribution is -1.87. The van der Waals surface area contributed by atoms with Crippen molar-refractivity contribution in [2.75, 3.05) is 0 Å². The lowest BCUT2D eigenvalue weighted by atomic mass is 10.1. The molecule has 1 N–H and O–H groups in total. The summed E-state index contributed by atoms with van der Waals surface area (Å²) in [5, 5.41) is 16.8. The van der Waals surface area contributed by atoms with Gasteiger partial charge >= 0.3 is 5.97 Å². The van der Waals surface area contributed by atoms with Gasteiger partial charge in [-0.15, -0.1) is 0 Å². The highest BCUT2D eigenvalue weighted by molar-refractivity contribution is 5.85. The van der Waals surface area contributed by atoms with Crippen LogP contribution in [0.5, 0.6) is 0 Å². The molecule has 0 aromatic heterocycles. The number of carboxylic acid groups (broad SMARTS) is 1. The average molecular weight is 191 g/mol. The number of hydrogen-bond donors (Lipinski definition) is 1. The Balaban J connectivity index is 3.05. The molecule has 14 heavy (non-hydrogen) atoms. The Hall–Kier alpha value is -2.15. The first-order valence-electron chi connectivity index (χ1n) is 3.73. The molecule has 0 aliphatic heterocycles. The van der Waals surface area contributed by atoms with Crippen molar-refractivity contribution in [1.82, 2.24) is 0 Å². The van der Waals surface area contributed by atoms with Crippen LogP contribution in [0, 0.1) is 17.1 Å². The number of benzene rings is 1. The molecular weight excluding hydrogens is 185 g/mol. The molecule has 1 aromatic carbocycles. The van der Waals surface area contributed by atoms with Crippen LogP contribution in [0.15, 0.2) is 24.3 Å². The van der Waals surface area contributed by atoms with Gasteiger partial charge in [0.2, 0.25) is 0 Å². The molecule has 0 unspecified atom stereocenters. The molecule has 4 heteroatoms. The van der Waals surface area contributed by atoms with Crippen LogP contribution in [0.4, 0.5) is 4.39 Å². The summed E-state index contributed by atoms with van der Waals surface area (Å²) in [6.45, 7) is 0. The van der Waals surface area contributed by atoms with Crippen molar-refractivity contribution in [2.45, 2.75) is 0 Å². The summed E-state index contributed by atoms with van der Waals surface area (Å²) in [4.78, 5) is 10.2.